The van der Waals surface area contributed by atoms with Crippen molar-refractivity contribution < 1.29 is 27.5 Å². The Hall–Kier alpha value is -2.98. The summed E-state index contributed by atoms with van der Waals surface area (Å²) >= 11 is 6.38. The Labute approximate surface area is 230 Å². The third-order valence-electron chi connectivity index (χ3n) is 5.98. The van der Waals surface area contributed by atoms with Crippen molar-refractivity contribution in [2.75, 3.05) is 23.9 Å². The molecule has 0 radical (unpaired) electrons. The first-order chi connectivity index (χ1) is 17.8. The molecule has 2 aromatic rings. The lowest BCUT2D eigenvalue weighted by molar-refractivity contribution is -0.142. The summed E-state index contributed by atoms with van der Waals surface area (Å²) in [5.41, 5.74) is 0.681. The van der Waals surface area contributed by atoms with Crippen LogP contribution in [-0.2, 0) is 26.2 Å². The topological polar surface area (TPSA) is 105 Å². The Morgan fingerprint density at radius 3 is 2.42 bits per heavy atom. The van der Waals surface area contributed by atoms with E-state index >= 15 is 0 Å². The van der Waals surface area contributed by atoms with Gasteiger partial charge in [-0.1, -0.05) is 36.7 Å². The van der Waals surface area contributed by atoms with Gasteiger partial charge in [0.25, 0.3) is 0 Å². The van der Waals surface area contributed by atoms with Gasteiger partial charge in [0, 0.05) is 36.1 Å². The fourth-order valence-corrected chi connectivity index (χ4v) is 5.38. The third-order valence-corrected chi connectivity index (χ3v) is 7.54. The second-order valence-corrected chi connectivity index (χ2v) is 12.6. The monoisotopic (exact) mass is 565 g/mol. The van der Waals surface area contributed by atoms with Crippen LogP contribution in [0.2, 0.25) is 5.02 Å². The summed E-state index contributed by atoms with van der Waals surface area (Å²) in [4.78, 5) is 28.2. The minimum Gasteiger partial charge on any atom is -0.454 e. The van der Waals surface area contributed by atoms with Gasteiger partial charge in [0.1, 0.15) is 6.04 Å². The molecule has 0 aliphatic carbocycles. The van der Waals surface area contributed by atoms with Crippen LogP contribution in [0.25, 0.3) is 0 Å². The van der Waals surface area contributed by atoms with Crippen molar-refractivity contribution in [3.63, 3.8) is 0 Å². The van der Waals surface area contributed by atoms with Gasteiger partial charge >= 0.3 is 0 Å². The summed E-state index contributed by atoms with van der Waals surface area (Å²) in [6.07, 6.45) is 1.81. The minimum absolute atomic E-state index is 0.0420. The number of amides is 2. The zero-order chi connectivity index (χ0) is 28.1. The number of carbonyl (C=O) groups excluding carboxylic acids is 2. The van der Waals surface area contributed by atoms with E-state index < -0.39 is 21.6 Å². The predicted molar refractivity (Wildman–Crippen MR) is 148 cm³/mol. The first-order valence-corrected chi connectivity index (χ1v) is 14.7. The number of sulfonamides is 1. The molecule has 1 heterocycles. The Balaban J connectivity index is 1.79. The fourth-order valence-electron chi connectivity index (χ4n) is 4.23. The van der Waals surface area contributed by atoms with Crippen molar-refractivity contribution in [2.24, 2.45) is 0 Å². The third kappa shape index (κ3) is 7.77. The van der Waals surface area contributed by atoms with Gasteiger partial charge in [-0.3, -0.25) is 13.9 Å². The van der Waals surface area contributed by atoms with Crippen LogP contribution in [0.5, 0.6) is 11.5 Å². The largest absolute Gasteiger partial charge is 0.454 e. The number of anilines is 1. The Morgan fingerprint density at radius 2 is 1.79 bits per heavy atom. The van der Waals surface area contributed by atoms with Gasteiger partial charge in [-0.05, 0) is 57.4 Å². The van der Waals surface area contributed by atoms with Gasteiger partial charge in [0.2, 0.25) is 28.6 Å². The van der Waals surface area contributed by atoms with Crippen molar-refractivity contribution in [1.82, 2.24) is 10.2 Å². The number of hydrogen-bond acceptors (Lipinski definition) is 6. The van der Waals surface area contributed by atoms with Crippen LogP contribution in [0, 0.1) is 0 Å². The van der Waals surface area contributed by atoms with Crippen molar-refractivity contribution in [1.29, 1.82) is 0 Å². The van der Waals surface area contributed by atoms with Crippen LogP contribution in [0.1, 0.15) is 52.5 Å². The lowest BCUT2D eigenvalue weighted by Gasteiger charge is -2.33. The molecule has 3 rings (SSSR count). The quantitative estimate of drug-likeness (QED) is 0.434. The summed E-state index contributed by atoms with van der Waals surface area (Å²) in [7, 11) is -3.63. The summed E-state index contributed by atoms with van der Waals surface area (Å²) in [5.74, 6) is 0.499. The van der Waals surface area contributed by atoms with Gasteiger partial charge < -0.3 is 19.7 Å². The maximum Gasteiger partial charge on any atom is 0.243 e. The van der Waals surface area contributed by atoms with E-state index in [9.17, 15) is 18.0 Å². The van der Waals surface area contributed by atoms with E-state index in [-0.39, 0.29) is 44.5 Å². The molecule has 0 fully saturated rings. The van der Waals surface area contributed by atoms with Crippen LogP contribution in [-0.4, -0.2) is 56.3 Å². The average molecular weight is 566 g/mol. The van der Waals surface area contributed by atoms with Crippen molar-refractivity contribution in [2.45, 2.75) is 65.1 Å². The molecular formula is C27H36ClN3O6S. The van der Waals surface area contributed by atoms with E-state index in [4.69, 9.17) is 21.1 Å². The average Bonchev–Trinajstić information content (AvgIpc) is 3.28. The molecule has 0 saturated heterocycles. The highest BCUT2D eigenvalue weighted by Crippen LogP contribution is 2.36. The van der Waals surface area contributed by atoms with Gasteiger partial charge in [-0.25, -0.2) is 8.42 Å². The zero-order valence-corrected chi connectivity index (χ0v) is 24.1. The standard InChI is InChI=1S/C27H36ClN3O6S/c1-6-22(26(33)29-27(2,3)4)30(17-19-10-7-8-11-21(19)28)25(32)12-9-15-31(38(5,34)35)20-13-14-23-24(16-20)37-18-36-23/h7-8,10-11,13-14,16,22H,6,9,12,15,17-18H2,1-5H3,(H,29,33). The van der Waals surface area contributed by atoms with Crippen LogP contribution in [0.4, 0.5) is 5.69 Å². The van der Waals surface area contributed by atoms with Gasteiger partial charge in [-0.15, -0.1) is 0 Å². The molecule has 1 aliphatic rings. The van der Waals surface area contributed by atoms with E-state index in [1.807, 2.05) is 39.8 Å². The molecular weight excluding hydrogens is 530 g/mol. The van der Waals surface area contributed by atoms with Crippen LogP contribution in [0.3, 0.4) is 0 Å². The molecule has 2 aromatic carbocycles. The molecule has 9 nitrogen and oxygen atoms in total. The number of carbonyl (C=O) groups is 2. The van der Waals surface area contributed by atoms with Crippen LogP contribution in [0.15, 0.2) is 42.5 Å². The first-order valence-electron chi connectivity index (χ1n) is 12.5. The fraction of sp³-hybridized carbons (Fsp3) is 0.481. The molecule has 1 atom stereocenters. The smallest absolute Gasteiger partial charge is 0.243 e. The predicted octanol–water partition coefficient (Wildman–Crippen LogP) is 4.34. The van der Waals surface area contributed by atoms with Crippen molar-refractivity contribution in [3.8, 4) is 11.5 Å². The highest BCUT2D eigenvalue weighted by Gasteiger charge is 2.31. The number of nitrogens with one attached hydrogen (secondary N) is 1. The molecule has 1 unspecified atom stereocenters. The molecule has 38 heavy (non-hydrogen) atoms. The molecule has 1 N–H and O–H groups in total. The summed E-state index contributed by atoms with van der Waals surface area (Å²) in [5, 5.41) is 3.47. The number of nitrogens with zero attached hydrogens (tertiary/aromatic N) is 2. The molecule has 0 aromatic heterocycles. The summed E-state index contributed by atoms with van der Waals surface area (Å²) in [6.45, 7) is 7.82. The molecule has 11 heteroatoms. The maximum absolute atomic E-state index is 13.5. The normalized spacial score (nSPS) is 13.6. The van der Waals surface area contributed by atoms with Crippen molar-refractivity contribution in [3.05, 3.63) is 53.1 Å². The molecule has 2 amide bonds. The highest BCUT2D eigenvalue weighted by atomic mass is 35.5. The van der Waals surface area contributed by atoms with Crippen LogP contribution >= 0.6 is 11.6 Å². The van der Waals surface area contributed by atoms with E-state index in [1.165, 1.54) is 9.21 Å². The van der Waals surface area contributed by atoms with E-state index in [0.29, 0.717) is 28.6 Å². The SMILES string of the molecule is CCC(C(=O)NC(C)(C)C)N(Cc1ccccc1Cl)C(=O)CCCN(c1ccc2c(c1)OCO2)S(C)(=O)=O. The highest BCUT2D eigenvalue weighted by molar-refractivity contribution is 7.92. The molecule has 1 aliphatic heterocycles. The number of benzene rings is 2. The zero-order valence-electron chi connectivity index (χ0n) is 22.5. The van der Waals surface area contributed by atoms with Gasteiger partial charge in [0.05, 0.1) is 11.9 Å². The van der Waals surface area contributed by atoms with E-state index in [2.05, 4.69) is 5.32 Å². The molecule has 0 spiro atoms. The summed E-state index contributed by atoms with van der Waals surface area (Å²) < 4.78 is 37.1. The number of ether oxygens (including phenoxy) is 2. The van der Waals surface area contributed by atoms with Gasteiger partial charge in [0.15, 0.2) is 11.5 Å². The molecule has 208 valence electrons. The first kappa shape index (κ1) is 29.6. The maximum atomic E-state index is 13.5. The second-order valence-electron chi connectivity index (χ2n) is 10.3. The lowest BCUT2D eigenvalue weighted by atomic mass is 10.0. The number of hydrogen-bond donors (Lipinski definition) is 1. The summed E-state index contributed by atoms with van der Waals surface area (Å²) in [6, 6.07) is 11.4. The Bertz CT molecular complexity index is 1260. The Morgan fingerprint density at radius 1 is 1.11 bits per heavy atom. The number of rotatable bonds is 11. The van der Waals surface area contributed by atoms with Gasteiger partial charge in [-0.2, -0.15) is 0 Å². The Kier molecular flexibility index (Phi) is 9.54. The molecule has 0 saturated carbocycles. The van der Waals surface area contributed by atoms with Crippen molar-refractivity contribution >= 4 is 39.1 Å². The second kappa shape index (κ2) is 12.3. The van der Waals surface area contributed by atoms with E-state index in [1.54, 1.807) is 30.3 Å². The van der Waals surface area contributed by atoms with E-state index in [0.717, 1.165) is 11.8 Å². The minimum atomic E-state index is -3.63. The number of halogens is 1. The number of fused-ring (bicyclic) bond motifs is 1. The molecule has 0 bridgehead atoms. The lowest BCUT2D eigenvalue weighted by Crippen LogP contribution is -2.53. The van der Waals surface area contributed by atoms with Crippen LogP contribution < -0.4 is 19.1 Å².